The molecule has 1 aliphatic rings. The van der Waals surface area contributed by atoms with Crippen LogP contribution < -0.4 is 10.9 Å². The highest BCUT2D eigenvalue weighted by Crippen LogP contribution is 2.34. The molecule has 5 aromatic rings. The van der Waals surface area contributed by atoms with E-state index >= 15 is 0 Å². The van der Waals surface area contributed by atoms with Gasteiger partial charge in [-0.15, -0.1) is 0 Å². The number of piperidine rings is 1. The van der Waals surface area contributed by atoms with Crippen LogP contribution in [0.3, 0.4) is 0 Å². The lowest BCUT2D eigenvalue weighted by atomic mass is 9.99. The standard InChI is InChI=1S/C30H25N5O/c31-19-21-8-4-5-11-25(21)26-18-22(20-34(30(26)36)23-9-2-1-3-10-23)29-33-27-12-6-7-13-28(27)35(29)24-14-16-32-17-15-24/h1-13,18,20,24,32H,14-17H2. The van der Waals surface area contributed by atoms with Crippen LogP contribution >= 0.6 is 0 Å². The van der Waals surface area contributed by atoms with E-state index < -0.39 is 0 Å². The Balaban J connectivity index is 1.66. The minimum absolute atomic E-state index is 0.169. The average molecular weight is 472 g/mol. The van der Waals surface area contributed by atoms with Crippen LogP contribution in [0.5, 0.6) is 0 Å². The zero-order valence-corrected chi connectivity index (χ0v) is 19.8. The molecule has 6 heteroatoms. The molecule has 3 heterocycles. The summed E-state index contributed by atoms with van der Waals surface area (Å²) in [5.41, 5.74) is 5.05. The monoisotopic (exact) mass is 471 g/mol. The van der Waals surface area contributed by atoms with Crippen molar-refractivity contribution in [1.82, 2.24) is 19.4 Å². The van der Waals surface area contributed by atoms with Crippen LogP contribution in [0.4, 0.5) is 0 Å². The average Bonchev–Trinajstić information content (AvgIpc) is 3.34. The van der Waals surface area contributed by atoms with Crippen LogP contribution in [0, 0.1) is 11.3 Å². The Hall–Kier alpha value is -4.47. The van der Waals surface area contributed by atoms with Crippen molar-refractivity contribution in [2.75, 3.05) is 13.1 Å². The van der Waals surface area contributed by atoms with E-state index in [1.807, 2.05) is 79.0 Å². The summed E-state index contributed by atoms with van der Waals surface area (Å²) in [6.07, 6.45) is 3.90. The van der Waals surface area contributed by atoms with E-state index in [1.54, 1.807) is 10.6 Å². The van der Waals surface area contributed by atoms with Crippen molar-refractivity contribution in [3.8, 4) is 34.3 Å². The molecule has 1 aliphatic heterocycles. The number of nitrogens with zero attached hydrogens (tertiary/aromatic N) is 4. The fourth-order valence-electron chi connectivity index (χ4n) is 5.18. The SMILES string of the molecule is N#Cc1ccccc1-c1cc(-c2nc3ccccc3n2C2CCNCC2)cn(-c2ccccc2)c1=O. The van der Waals surface area contributed by atoms with Gasteiger partial charge in [-0.3, -0.25) is 9.36 Å². The molecule has 0 bridgehead atoms. The van der Waals surface area contributed by atoms with Crippen molar-refractivity contribution >= 4 is 11.0 Å². The number of benzene rings is 3. The maximum absolute atomic E-state index is 13.8. The van der Waals surface area contributed by atoms with Gasteiger partial charge in [0.2, 0.25) is 0 Å². The van der Waals surface area contributed by atoms with Crippen molar-refractivity contribution in [1.29, 1.82) is 5.26 Å². The van der Waals surface area contributed by atoms with Crippen LogP contribution in [-0.2, 0) is 0 Å². The van der Waals surface area contributed by atoms with Crippen molar-refractivity contribution in [3.05, 3.63) is 107 Å². The fraction of sp³-hybridized carbons (Fsp3) is 0.167. The van der Waals surface area contributed by atoms with E-state index in [4.69, 9.17) is 4.98 Å². The largest absolute Gasteiger partial charge is 0.321 e. The van der Waals surface area contributed by atoms with Crippen LogP contribution in [0.25, 0.3) is 39.2 Å². The summed E-state index contributed by atoms with van der Waals surface area (Å²) in [6, 6.07) is 29.5. The molecule has 6 nitrogen and oxygen atoms in total. The van der Waals surface area contributed by atoms with E-state index in [1.165, 1.54) is 0 Å². The van der Waals surface area contributed by atoms with Gasteiger partial charge in [0.15, 0.2) is 0 Å². The van der Waals surface area contributed by atoms with Crippen LogP contribution in [0.15, 0.2) is 95.9 Å². The maximum atomic E-state index is 13.8. The summed E-state index contributed by atoms with van der Waals surface area (Å²) >= 11 is 0. The molecule has 0 amide bonds. The topological polar surface area (TPSA) is 75.6 Å². The Morgan fingerprint density at radius 2 is 1.61 bits per heavy atom. The fourth-order valence-corrected chi connectivity index (χ4v) is 5.18. The summed E-state index contributed by atoms with van der Waals surface area (Å²) in [7, 11) is 0. The van der Waals surface area contributed by atoms with Gasteiger partial charge in [-0.1, -0.05) is 48.5 Å². The number of pyridine rings is 1. The molecule has 0 saturated carbocycles. The molecule has 1 saturated heterocycles. The Morgan fingerprint density at radius 1 is 0.889 bits per heavy atom. The second-order valence-corrected chi connectivity index (χ2v) is 9.09. The molecule has 3 aromatic carbocycles. The van der Waals surface area contributed by atoms with Gasteiger partial charge in [0, 0.05) is 34.6 Å². The third-order valence-electron chi connectivity index (χ3n) is 6.92. The summed E-state index contributed by atoms with van der Waals surface area (Å²) in [6.45, 7) is 1.92. The van der Waals surface area contributed by atoms with Crippen molar-refractivity contribution < 1.29 is 0 Å². The smallest absolute Gasteiger partial charge is 0.263 e. The van der Waals surface area contributed by atoms with Gasteiger partial charge < -0.3 is 9.88 Å². The van der Waals surface area contributed by atoms with E-state index in [-0.39, 0.29) is 5.56 Å². The Bertz CT molecular complexity index is 1650. The van der Waals surface area contributed by atoms with Crippen molar-refractivity contribution in [3.63, 3.8) is 0 Å². The first kappa shape index (κ1) is 22.0. The normalized spacial score (nSPS) is 14.1. The summed E-state index contributed by atoms with van der Waals surface area (Å²) < 4.78 is 4.01. The second-order valence-electron chi connectivity index (χ2n) is 9.09. The van der Waals surface area contributed by atoms with E-state index in [0.717, 1.165) is 54.0 Å². The molecule has 0 atom stereocenters. The number of fused-ring (bicyclic) bond motifs is 1. The summed E-state index contributed by atoms with van der Waals surface area (Å²) in [5.74, 6) is 0.837. The molecular weight excluding hydrogens is 446 g/mol. The zero-order chi connectivity index (χ0) is 24.5. The van der Waals surface area contributed by atoms with E-state index in [9.17, 15) is 10.1 Å². The third-order valence-corrected chi connectivity index (χ3v) is 6.92. The van der Waals surface area contributed by atoms with E-state index in [2.05, 4.69) is 22.0 Å². The maximum Gasteiger partial charge on any atom is 0.263 e. The lowest BCUT2D eigenvalue weighted by Crippen LogP contribution is -2.29. The minimum Gasteiger partial charge on any atom is -0.321 e. The molecule has 6 rings (SSSR count). The number of hydrogen-bond donors (Lipinski definition) is 1. The van der Waals surface area contributed by atoms with E-state index in [0.29, 0.717) is 22.7 Å². The second kappa shape index (κ2) is 9.29. The number of nitriles is 1. The lowest BCUT2D eigenvalue weighted by molar-refractivity contribution is 0.377. The summed E-state index contributed by atoms with van der Waals surface area (Å²) in [4.78, 5) is 18.9. The quantitative estimate of drug-likeness (QED) is 0.385. The van der Waals surface area contributed by atoms with Gasteiger partial charge in [0.05, 0.1) is 22.7 Å². The van der Waals surface area contributed by atoms with Gasteiger partial charge in [0.25, 0.3) is 5.56 Å². The lowest BCUT2D eigenvalue weighted by Gasteiger charge is -2.26. The van der Waals surface area contributed by atoms with Gasteiger partial charge in [-0.05, 0) is 62.3 Å². The molecule has 1 N–H and O–H groups in total. The van der Waals surface area contributed by atoms with Crippen molar-refractivity contribution in [2.45, 2.75) is 18.9 Å². The molecule has 36 heavy (non-hydrogen) atoms. The van der Waals surface area contributed by atoms with Crippen LogP contribution in [0.1, 0.15) is 24.4 Å². The Kier molecular flexibility index (Phi) is 5.68. The Labute approximate surface area is 209 Å². The molecule has 2 aromatic heterocycles. The molecule has 176 valence electrons. The highest BCUT2D eigenvalue weighted by molar-refractivity contribution is 5.82. The highest BCUT2D eigenvalue weighted by Gasteiger charge is 2.24. The first-order valence-corrected chi connectivity index (χ1v) is 12.2. The predicted octanol–water partition coefficient (Wildman–Crippen LogP) is 5.32. The zero-order valence-electron chi connectivity index (χ0n) is 19.8. The number of para-hydroxylation sites is 3. The van der Waals surface area contributed by atoms with Gasteiger partial charge >= 0.3 is 0 Å². The summed E-state index contributed by atoms with van der Waals surface area (Å²) in [5, 5.41) is 13.2. The predicted molar refractivity (Wildman–Crippen MR) is 142 cm³/mol. The van der Waals surface area contributed by atoms with Crippen molar-refractivity contribution in [2.24, 2.45) is 0 Å². The third kappa shape index (κ3) is 3.80. The highest BCUT2D eigenvalue weighted by atomic mass is 16.1. The van der Waals surface area contributed by atoms with Gasteiger partial charge in [-0.25, -0.2) is 4.98 Å². The molecule has 1 fully saturated rings. The molecule has 0 radical (unpaired) electrons. The molecule has 0 aliphatic carbocycles. The van der Waals surface area contributed by atoms with Gasteiger partial charge in [-0.2, -0.15) is 5.26 Å². The number of aromatic nitrogens is 3. The molecule has 0 unspecified atom stereocenters. The number of rotatable bonds is 4. The van der Waals surface area contributed by atoms with Crippen LogP contribution in [0.2, 0.25) is 0 Å². The number of nitrogens with one attached hydrogen (secondary N) is 1. The Morgan fingerprint density at radius 3 is 2.42 bits per heavy atom. The molecular formula is C30H25N5O. The first-order chi connectivity index (χ1) is 17.7. The first-order valence-electron chi connectivity index (χ1n) is 12.2. The number of hydrogen-bond acceptors (Lipinski definition) is 4. The molecule has 0 spiro atoms. The number of imidazole rings is 1. The van der Waals surface area contributed by atoms with Crippen LogP contribution in [-0.4, -0.2) is 27.2 Å². The van der Waals surface area contributed by atoms with Gasteiger partial charge in [0.1, 0.15) is 5.82 Å². The minimum atomic E-state index is -0.169.